The summed E-state index contributed by atoms with van der Waals surface area (Å²) >= 11 is 0. The summed E-state index contributed by atoms with van der Waals surface area (Å²) in [6.07, 6.45) is 0.979. The van der Waals surface area contributed by atoms with Crippen LogP contribution in [0.25, 0.3) is 0 Å². The van der Waals surface area contributed by atoms with E-state index < -0.39 is 0 Å². The molecule has 1 N–H and O–H groups in total. The van der Waals surface area contributed by atoms with Crippen molar-refractivity contribution < 1.29 is 5.11 Å². The third-order valence-electron chi connectivity index (χ3n) is 2.63. The van der Waals surface area contributed by atoms with Crippen LogP contribution < -0.4 is 0 Å². The van der Waals surface area contributed by atoms with Crippen molar-refractivity contribution in [1.29, 1.82) is 0 Å². The summed E-state index contributed by atoms with van der Waals surface area (Å²) in [6.45, 7) is 10.7. The Morgan fingerprint density at radius 3 is 2.14 bits per heavy atom. The van der Waals surface area contributed by atoms with E-state index in [0.717, 1.165) is 12.0 Å². The van der Waals surface area contributed by atoms with E-state index in [1.807, 2.05) is 6.07 Å². The van der Waals surface area contributed by atoms with Crippen LogP contribution in [0.1, 0.15) is 44.4 Å². The normalized spacial score (nSPS) is 11.8. The number of rotatable bonds is 1. The highest BCUT2D eigenvalue weighted by molar-refractivity contribution is 5.47. The van der Waals surface area contributed by atoms with Gasteiger partial charge < -0.3 is 5.11 Å². The molecule has 0 saturated heterocycles. The van der Waals surface area contributed by atoms with Gasteiger partial charge in [-0.3, -0.25) is 0 Å². The van der Waals surface area contributed by atoms with Crippen molar-refractivity contribution in [3.05, 3.63) is 28.8 Å². The maximum absolute atomic E-state index is 9.88. The summed E-state index contributed by atoms with van der Waals surface area (Å²) in [5.41, 5.74) is 3.68. The minimum absolute atomic E-state index is 0.0153. The quantitative estimate of drug-likeness (QED) is 0.721. The van der Waals surface area contributed by atoms with E-state index in [2.05, 4.69) is 34.6 Å². The highest BCUT2D eigenvalue weighted by Gasteiger charge is 2.22. The van der Waals surface area contributed by atoms with Gasteiger partial charge in [-0.15, -0.1) is 0 Å². The second-order valence-electron chi connectivity index (χ2n) is 4.86. The molecule has 78 valence electrons. The van der Waals surface area contributed by atoms with Crippen molar-refractivity contribution in [2.45, 2.75) is 46.5 Å². The van der Waals surface area contributed by atoms with Gasteiger partial charge in [-0.1, -0.05) is 33.8 Å². The Morgan fingerprint density at radius 2 is 1.79 bits per heavy atom. The van der Waals surface area contributed by atoms with Crippen molar-refractivity contribution in [3.63, 3.8) is 0 Å². The molecule has 0 atom stereocenters. The number of hydrogen-bond acceptors (Lipinski definition) is 1. The summed E-state index contributed by atoms with van der Waals surface area (Å²) in [7, 11) is 0. The Balaban J connectivity index is 3.46. The fraction of sp³-hybridized carbons (Fsp3) is 0.538. The maximum atomic E-state index is 9.88. The molecular formula is C13H20O. The van der Waals surface area contributed by atoms with Gasteiger partial charge in [-0.2, -0.15) is 0 Å². The fourth-order valence-electron chi connectivity index (χ4n) is 2.03. The maximum Gasteiger partial charge on any atom is 0.119 e. The highest BCUT2D eigenvalue weighted by Crippen LogP contribution is 2.35. The molecule has 1 nitrogen and oxygen atoms in total. The summed E-state index contributed by atoms with van der Waals surface area (Å²) in [5.74, 6) is 0.431. The molecule has 0 aliphatic carbocycles. The smallest absolute Gasteiger partial charge is 0.119 e. The van der Waals surface area contributed by atoms with Crippen molar-refractivity contribution in [2.75, 3.05) is 0 Å². The molecule has 0 spiro atoms. The van der Waals surface area contributed by atoms with Crippen molar-refractivity contribution in [1.82, 2.24) is 0 Å². The Labute approximate surface area is 86.8 Å². The standard InChI is InChI=1S/C13H20O/c1-6-10-9(2)7-8-11(14)12(10)13(3,4)5/h7-8,14H,6H2,1-5H3. The number of benzene rings is 1. The van der Waals surface area contributed by atoms with Crippen LogP contribution >= 0.6 is 0 Å². The Morgan fingerprint density at radius 1 is 1.21 bits per heavy atom. The Bertz CT molecular complexity index is 332. The molecule has 0 fully saturated rings. The average molecular weight is 192 g/mol. The number of phenolic OH excluding ortho intramolecular Hbond substituents is 1. The molecule has 0 radical (unpaired) electrons. The van der Waals surface area contributed by atoms with Gasteiger partial charge in [0.15, 0.2) is 0 Å². The molecule has 0 aliphatic heterocycles. The first-order valence-corrected chi connectivity index (χ1v) is 5.19. The molecule has 0 heterocycles. The summed E-state index contributed by atoms with van der Waals surface area (Å²) in [4.78, 5) is 0. The lowest BCUT2D eigenvalue weighted by molar-refractivity contribution is 0.444. The Hall–Kier alpha value is -0.980. The first-order chi connectivity index (χ1) is 6.38. The van der Waals surface area contributed by atoms with Crippen LogP contribution in [-0.2, 0) is 11.8 Å². The minimum atomic E-state index is 0.0153. The number of phenols is 1. The van der Waals surface area contributed by atoms with Crippen LogP contribution in [0.2, 0.25) is 0 Å². The zero-order chi connectivity index (χ0) is 10.9. The zero-order valence-electron chi connectivity index (χ0n) is 9.81. The molecule has 14 heavy (non-hydrogen) atoms. The van der Waals surface area contributed by atoms with E-state index in [-0.39, 0.29) is 5.41 Å². The van der Waals surface area contributed by atoms with E-state index in [0.29, 0.717) is 5.75 Å². The lowest BCUT2D eigenvalue weighted by Crippen LogP contribution is -2.15. The molecule has 0 unspecified atom stereocenters. The monoisotopic (exact) mass is 192 g/mol. The predicted molar refractivity (Wildman–Crippen MR) is 60.9 cm³/mol. The van der Waals surface area contributed by atoms with Gasteiger partial charge in [-0.05, 0) is 36.0 Å². The fourth-order valence-corrected chi connectivity index (χ4v) is 2.03. The van der Waals surface area contributed by atoms with Gasteiger partial charge in [0.05, 0.1) is 0 Å². The van der Waals surface area contributed by atoms with E-state index in [1.165, 1.54) is 11.1 Å². The molecular weight excluding hydrogens is 172 g/mol. The minimum Gasteiger partial charge on any atom is -0.508 e. The molecule has 0 aromatic heterocycles. The van der Waals surface area contributed by atoms with E-state index >= 15 is 0 Å². The molecule has 1 rings (SSSR count). The van der Waals surface area contributed by atoms with Gasteiger partial charge in [0.1, 0.15) is 5.75 Å². The first kappa shape index (κ1) is 11.1. The Kier molecular flexibility index (Phi) is 2.89. The van der Waals surface area contributed by atoms with Crippen LogP contribution in [0.4, 0.5) is 0 Å². The summed E-state index contributed by atoms with van der Waals surface area (Å²) < 4.78 is 0. The molecule has 0 bridgehead atoms. The van der Waals surface area contributed by atoms with Crippen LogP contribution in [0, 0.1) is 6.92 Å². The summed E-state index contributed by atoms with van der Waals surface area (Å²) in [5, 5.41) is 9.88. The molecule has 1 heteroatoms. The van der Waals surface area contributed by atoms with Crippen molar-refractivity contribution in [2.24, 2.45) is 0 Å². The van der Waals surface area contributed by atoms with Gasteiger partial charge in [-0.25, -0.2) is 0 Å². The van der Waals surface area contributed by atoms with E-state index in [4.69, 9.17) is 0 Å². The van der Waals surface area contributed by atoms with Crippen LogP contribution in [0.5, 0.6) is 5.75 Å². The first-order valence-electron chi connectivity index (χ1n) is 5.19. The topological polar surface area (TPSA) is 20.2 Å². The van der Waals surface area contributed by atoms with Gasteiger partial charge in [0, 0.05) is 5.56 Å². The molecule has 1 aromatic rings. The number of aryl methyl sites for hydroxylation is 1. The molecule has 1 aromatic carbocycles. The average Bonchev–Trinajstić information content (AvgIpc) is 2.06. The summed E-state index contributed by atoms with van der Waals surface area (Å²) in [6, 6.07) is 3.79. The van der Waals surface area contributed by atoms with Gasteiger partial charge >= 0.3 is 0 Å². The second-order valence-corrected chi connectivity index (χ2v) is 4.86. The van der Waals surface area contributed by atoms with E-state index in [9.17, 15) is 5.11 Å². The molecule has 0 saturated carbocycles. The molecule has 0 amide bonds. The van der Waals surface area contributed by atoms with Gasteiger partial charge in [0.25, 0.3) is 0 Å². The van der Waals surface area contributed by atoms with E-state index in [1.54, 1.807) is 6.07 Å². The SMILES string of the molecule is CCc1c(C)ccc(O)c1C(C)(C)C. The lowest BCUT2D eigenvalue weighted by Gasteiger charge is -2.25. The number of hydrogen-bond donors (Lipinski definition) is 1. The van der Waals surface area contributed by atoms with Crippen molar-refractivity contribution >= 4 is 0 Å². The zero-order valence-corrected chi connectivity index (χ0v) is 9.81. The van der Waals surface area contributed by atoms with Crippen LogP contribution in [0.15, 0.2) is 12.1 Å². The lowest BCUT2D eigenvalue weighted by atomic mass is 9.81. The van der Waals surface area contributed by atoms with Crippen molar-refractivity contribution in [3.8, 4) is 5.75 Å². The third-order valence-corrected chi connectivity index (χ3v) is 2.63. The highest BCUT2D eigenvalue weighted by atomic mass is 16.3. The number of aromatic hydroxyl groups is 1. The van der Waals surface area contributed by atoms with Crippen LogP contribution in [-0.4, -0.2) is 5.11 Å². The second kappa shape index (κ2) is 3.64. The molecule has 0 aliphatic rings. The van der Waals surface area contributed by atoms with Crippen LogP contribution in [0.3, 0.4) is 0 Å². The third kappa shape index (κ3) is 1.92. The largest absolute Gasteiger partial charge is 0.508 e. The van der Waals surface area contributed by atoms with Gasteiger partial charge in [0.2, 0.25) is 0 Å². The predicted octanol–water partition coefficient (Wildman–Crippen LogP) is 3.56.